The van der Waals surface area contributed by atoms with Gasteiger partial charge in [-0.25, -0.2) is 5.01 Å². The normalized spacial score (nSPS) is 28.4. The van der Waals surface area contributed by atoms with Gasteiger partial charge in [0.2, 0.25) is 0 Å². The minimum atomic E-state index is 0.616. The van der Waals surface area contributed by atoms with Crippen molar-refractivity contribution in [2.24, 2.45) is 0 Å². The molecule has 13 heavy (non-hydrogen) atoms. The lowest BCUT2D eigenvalue weighted by atomic mass is 10.2. The summed E-state index contributed by atoms with van der Waals surface area (Å²) in [6, 6.07) is 1.31. The summed E-state index contributed by atoms with van der Waals surface area (Å²) in [6.45, 7) is 8.00. The van der Waals surface area contributed by atoms with Crippen LogP contribution in [-0.4, -0.2) is 35.1 Å². The van der Waals surface area contributed by atoms with Crippen LogP contribution >= 0.6 is 11.8 Å². The van der Waals surface area contributed by atoms with Gasteiger partial charge in [-0.2, -0.15) is 11.8 Å². The number of hydrogen-bond acceptors (Lipinski definition) is 3. The molecule has 0 aliphatic carbocycles. The van der Waals surface area contributed by atoms with Gasteiger partial charge in [-0.05, 0) is 32.4 Å². The van der Waals surface area contributed by atoms with Crippen molar-refractivity contribution in [3.8, 4) is 0 Å². The highest BCUT2D eigenvalue weighted by molar-refractivity contribution is 7.99. The number of hydrogen-bond donors (Lipinski definition) is 1. The van der Waals surface area contributed by atoms with Crippen molar-refractivity contribution in [2.45, 2.75) is 45.7 Å². The second-order valence-electron chi connectivity index (χ2n) is 3.88. The molecular weight excluding hydrogens is 180 g/mol. The fourth-order valence-electron chi connectivity index (χ4n) is 1.46. The van der Waals surface area contributed by atoms with Crippen LogP contribution in [0.3, 0.4) is 0 Å². The van der Waals surface area contributed by atoms with Crippen LogP contribution in [0.25, 0.3) is 0 Å². The summed E-state index contributed by atoms with van der Waals surface area (Å²) in [6.07, 6.45) is 2.52. The molecular formula is C10H22N2S. The zero-order valence-corrected chi connectivity index (χ0v) is 9.86. The highest BCUT2D eigenvalue weighted by Crippen LogP contribution is 2.14. The molecule has 0 radical (unpaired) electrons. The molecule has 2 nitrogen and oxygen atoms in total. The average Bonchev–Trinajstić information content (AvgIpc) is 2.32. The molecule has 1 heterocycles. The average molecular weight is 202 g/mol. The number of nitrogens with one attached hydrogen (secondary N) is 1. The van der Waals surface area contributed by atoms with E-state index in [9.17, 15) is 0 Å². The Morgan fingerprint density at radius 1 is 1.54 bits per heavy atom. The highest BCUT2D eigenvalue weighted by atomic mass is 32.2. The van der Waals surface area contributed by atoms with Crippen LogP contribution in [0.1, 0.15) is 33.6 Å². The predicted molar refractivity (Wildman–Crippen MR) is 61.0 cm³/mol. The van der Waals surface area contributed by atoms with Gasteiger partial charge in [0.25, 0.3) is 0 Å². The standard InChI is InChI=1S/C10H22N2S/c1-4-9(2)11-12-6-8-13-7-5-10(12)3/h9-11H,4-8H2,1-3H3. The third kappa shape index (κ3) is 3.88. The second kappa shape index (κ2) is 5.89. The summed E-state index contributed by atoms with van der Waals surface area (Å²) in [7, 11) is 0. The van der Waals surface area contributed by atoms with E-state index in [1.54, 1.807) is 0 Å². The molecule has 0 bridgehead atoms. The lowest BCUT2D eigenvalue weighted by Crippen LogP contribution is -2.48. The van der Waals surface area contributed by atoms with Gasteiger partial charge in [-0.15, -0.1) is 0 Å². The van der Waals surface area contributed by atoms with Crippen LogP contribution in [-0.2, 0) is 0 Å². The van der Waals surface area contributed by atoms with Gasteiger partial charge in [0, 0.05) is 24.4 Å². The smallest absolute Gasteiger partial charge is 0.0225 e. The summed E-state index contributed by atoms with van der Waals surface area (Å²) < 4.78 is 0. The van der Waals surface area contributed by atoms with Gasteiger partial charge in [0.05, 0.1) is 0 Å². The van der Waals surface area contributed by atoms with E-state index >= 15 is 0 Å². The largest absolute Gasteiger partial charge is 0.252 e. The molecule has 0 aromatic heterocycles. The van der Waals surface area contributed by atoms with Crippen molar-refractivity contribution in [1.82, 2.24) is 10.4 Å². The maximum Gasteiger partial charge on any atom is 0.0225 e. The molecule has 1 rings (SSSR count). The molecule has 0 aromatic rings. The fraction of sp³-hybridized carbons (Fsp3) is 1.00. The highest BCUT2D eigenvalue weighted by Gasteiger charge is 2.17. The fourth-order valence-corrected chi connectivity index (χ4v) is 2.50. The summed E-state index contributed by atoms with van der Waals surface area (Å²) in [5, 5.41) is 2.42. The molecule has 1 N–H and O–H groups in total. The molecule has 2 atom stereocenters. The van der Waals surface area contributed by atoms with Crippen molar-refractivity contribution >= 4 is 11.8 Å². The van der Waals surface area contributed by atoms with Crippen molar-refractivity contribution in [3.05, 3.63) is 0 Å². The predicted octanol–water partition coefficient (Wildman–Crippen LogP) is 2.12. The maximum absolute atomic E-state index is 3.58. The maximum atomic E-state index is 3.58. The van der Waals surface area contributed by atoms with Crippen molar-refractivity contribution in [3.63, 3.8) is 0 Å². The molecule has 0 amide bonds. The molecule has 1 fully saturated rings. The number of hydrazine groups is 1. The van der Waals surface area contributed by atoms with E-state index in [4.69, 9.17) is 0 Å². The Morgan fingerprint density at radius 2 is 2.31 bits per heavy atom. The first-order chi connectivity index (χ1) is 6.24. The zero-order chi connectivity index (χ0) is 9.68. The SMILES string of the molecule is CCC(C)NN1CCSCCC1C. The van der Waals surface area contributed by atoms with Crippen LogP contribution < -0.4 is 5.43 Å². The first-order valence-electron chi connectivity index (χ1n) is 5.34. The third-order valence-electron chi connectivity index (χ3n) is 2.69. The Kier molecular flexibility index (Phi) is 5.14. The minimum absolute atomic E-state index is 0.616. The van der Waals surface area contributed by atoms with Gasteiger partial charge >= 0.3 is 0 Å². The van der Waals surface area contributed by atoms with Crippen LogP contribution in [0, 0.1) is 0 Å². The minimum Gasteiger partial charge on any atom is -0.252 e. The van der Waals surface area contributed by atoms with Gasteiger partial charge in [-0.1, -0.05) is 6.92 Å². The van der Waals surface area contributed by atoms with Gasteiger partial charge < -0.3 is 0 Å². The molecule has 1 aliphatic rings. The Balaban J connectivity index is 2.35. The summed E-state index contributed by atoms with van der Waals surface area (Å²) in [4.78, 5) is 0. The van der Waals surface area contributed by atoms with E-state index in [2.05, 4.69) is 43.0 Å². The molecule has 78 valence electrons. The van der Waals surface area contributed by atoms with Gasteiger partial charge in [0.15, 0.2) is 0 Å². The Labute approximate surface area is 86.4 Å². The molecule has 0 saturated carbocycles. The number of nitrogens with zero attached hydrogens (tertiary/aromatic N) is 1. The van der Waals surface area contributed by atoms with Crippen LogP contribution in [0.15, 0.2) is 0 Å². The van der Waals surface area contributed by atoms with Crippen molar-refractivity contribution in [1.29, 1.82) is 0 Å². The van der Waals surface area contributed by atoms with E-state index in [-0.39, 0.29) is 0 Å². The molecule has 3 heteroatoms. The summed E-state index contributed by atoms with van der Waals surface area (Å²) in [5.74, 6) is 2.59. The molecule has 0 aromatic carbocycles. The quantitative estimate of drug-likeness (QED) is 0.754. The van der Waals surface area contributed by atoms with Crippen LogP contribution in [0.2, 0.25) is 0 Å². The molecule has 1 saturated heterocycles. The second-order valence-corrected chi connectivity index (χ2v) is 5.11. The van der Waals surface area contributed by atoms with Crippen molar-refractivity contribution in [2.75, 3.05) is 18.1 Å². The van der Waals surface area contributed by atoms with Gasteiger partial charge in [0.1, 0.15) is 0 Å². The summed E-state index contributed by atoms with van der Waals surface area (Å²) >= 11 is 2.08. The first-order valence-corrected chi connectivity index (χ1v) is 6.50. The zero-order valence-electron chi connectivity index (χ0n) is 9.05. The monoisotopic (exact) mass is 202 g/mol. The third-order valence-corrected chi connectivity index (χ3v) is 3.68. The first kappa shape index (κ1) is 11.3. The number of thioether (sulfide) groups is 1. The van der Waals surface area contributed by atoms with Crippen LogP contribution in [0.4, 0.5) is 0 Å². The molecule has 0 spiro atoms. The van der Waals surface area contributed by atoms with E-state index in [0.717, 1.165) is 0 Å². The molecule has 1 aliphatic heterocycles. The Morgan fingerprint density at radius 3 is 3.00 bits per heavy atom. The lowest BCUT2D eigenvalue weighted by Gasteiger charge is -2.30. The topological polar surface area (TPSA) is 15.3 Å². The summed E-state index contributed by atoms with van der Waals surface area (Å²) in [5.41, 5.74) is 3.58. The van der Waals surface area contributed by atoms with E-state index in [1.807, 2.05) is 0 Å². The van der Waals surface area contributed by atoms with E-state index < -0.39 is 0 Å². The van der Waals surface area contributed by atoms with E-state index in [0.29, 0.717) is 12.1 Å². The number of rotatable bonds is 3. The van der Waals surface area contributed by atoms with Gasteiger partial charge in [-0.3, -0.25) is 5.43 Å². The lowest BCUT2D eigenvalue weighted by molar-refractivity contribution is 0.120. The molecule has 2 unspecified atom stereocenters. The Bertz CT molecular complexity index is 141. The Hall–Kier alpha value is 0.270. The van der Waals surface area contributed by atoms with Crippen LogP contribution in [0.5, 0.6) is 0 Å². The van der Waals surface area contributed by atoms with Crippen molar-refractivity contribution < 1.29 is 0 Å². The van der Waals surface area contributed by atoms with E-state index in [1.165, 1.54) is 30.9 Å².